The number of hydrogen-bond acceptors (Lipinski definition) is 1. The number of hydrogen-bond donors (Lipinski definition) is 1. The van der Waals surface area contributed by atoms with Gasteiger partial charge in [0.05, 0.1) is 0 Å². The quantitative estimate of drug-likeness (QED) is 0.612. The largest absolute Gasteiger partial charge is 0.478 e. The number of aliphatic carboxylic acids is 1. The fourth-order valence-corrected chi connectivity index (χ4v) is 0.743. The zero-order chi connectivity index (χ0) is 8.15. The molecule has 0 amide bonds. The number of carbonyl (C=O) groups is 1. The summed E-state index contributed by atoms with van der Waals surface area (Å²) in [6.45, 7) is 5.79. The molecule has 0 saturated carbocycles. The lowest BCUT2D eigenvalue weighted by Gasteiger charge is -1.99. The maximum absolute atomic E-state index is 10.4. The van der Waals surface area contributed by atoms with Gasteiger partial charge in [-0.3, -0.25) is 0 Å². The molecule has 0 aliphatic heterocycles. The van der Waals surface area contributed by atoms with E-state index in [9.17, 15) is 4.79 Å². The Morgan fingerprint density at radius 2 is 2.10 bits per heavy atom. The second-order valence-corrected chi connectivity index (χ2v) is 2.59. The summed E-state index contributed by atoms with van der Waals surface area (Å²) in [5.74, 6) is -0.470. The van der Waals surface area contributed by atoms with Gasteiger partial charge in [-0.15, -0.1) is 0 Å². The summed E-state index contributed by atoms with van der Waals surface area (Å²) >= 11 is 0. The lowest BCUT2D eigenvalue weighted by molar-refractivity contribution is -0.132. The lowest BCUT2D eigenvalue weighted by Crippen LogP contribution is -2.00. The van der Waals surface area contributed by atoms with Crippen molar-refractivity contribution in [1.82, 2.24) is 0 Å². The van der Waals surface area contributed by atoms with Crippen LogP contribution in [0.1, 0.15) is 27.2 Å². The molecule has 0 aromatic rings. The third-order valence-electron chi connectivity index (χ3n) is 1.19. The van der Waals surface area contributed by atoms with Crippen LogP contribution in [0, 0.1) is 5.92 Å². The molecule has 0 rings (SSSR count). The third kappa shape index (κ3) is 3.28. The van der Waals surface area contributed by atoms with Crippen LogP contribution in [0.3, 0.4) is 0 Å². The number of rotatable bonds is 3. The topological polar surface area (TPSA) is 37.3 Å². The fraction of sp³-hybridized carbons (Fsp3) is 0.625. The van der Waals surface area contributed by atoms with Crippen LogP contribution in [-0.2, 0) is 4.79 Å². The van der Waals surface area contributed by atoms with Gasteiger partial charge in [0.2, 0.25) is 0 Å². The number of carboxylic acid groups (broad SMARTS) is 1. The molecule has 0 aliphatic rings. The summed E-state index contributed by atoms with van der Waals surface area (Å²) in [6, 6.07) is 0. The summed E-state index contributed by atoms with van der Waals surface area (Å²) in [7, 11) is 0. The zero-order valence-corrected chi connectivity index (χ0v) is 6.72. The molecule has 1 N–H and O–H groups in total. The molecular formula is C8H14O2. The van der Waals surface area contributed by atoms with Gasteiger partial charge >= 0.3 is 5.97 Å². The highest BCUT2D eigenvalue weighted by Crippen LogP contribution is 2.05. The van der Waals surface area contributed by atoms with E-state index in [2.05, 4.69) is 0 Å². The summed E-state index contributed by atoms with van der Waals surface area (Å²) in [4.78, 5) is 10.4. The van der Waals surface area contributed by atoms with Crippen LogP contribution in [0.15, 0.2) is 11.6 Å². The first kappa shape index (κ1) is 9.21. The van der Waals surface area contributed by atoms with Crippen molar-refractivity contribution in [2.45, 2.75) is 27.2 Å². The lowest BCUT2D eigenvalue weighted by atomic mass is 10.1. The van der Waals surface area contributed by atoms with Crippen molar-refractivity contribution >= 4 is 5.97 Å². The van der Waals surface area contributed by atoms with Crippen LogP contribution < -0.4 is 0 Å². The van der Waals surface area contributed by atoms with Crippen molar-refractivity contribution in [3.05, 3.63) is 11.6 Å². The van der Waals surface area contributed by atoms with Gasteiger partial charge in [-0.25, -0.2) is 4.79 Å². The number of carboxylic acids is 1. The first-order valence-corrected chi connectivity index (χ1v) is 3.52. The SMILES string of the molecule is CC/C(=C/C(C)C)C(=O)O. The zero-order valence-electron chi connectivity index (χ0n) is 6.72. The minimum Gasteiger partial charge on any atom is -0.478 e. The number of allylic oxidation sites excluding steroid dienone is 1. The third-order valence-corrected chi connectivity index (χ3v) is 1.19. The van der Waals surface area contributed by atoms with Crippen LogP contribution in [0.2, 0.25) is 0 Å². The Labute approximate surface area is 61.6 Å². The van der Waals surface area contributed by atoms with E-state index in [1.807, 2.05) is 20.8 Å². The predicted octanol–water partition coefficient (Wildman–Crippen LogP) is 2.06. The average Bonchev–Trinajstić information content (AvgIpc) is 1.81. The maximum atomic E-state index is 10.4. The minimum absolute atomic E-state index is 0.325. The van der Waals surface area contributed by atoms with Crippen molar-refractivity contribution in [1.29, 1.82) is 0 Å². The maximum Gasteiger partial charge on any atom is 0.331 e. The van der Waals surface area contributed by atoms with Crippen molar-refractivity contribution in [3.8, 4) is 0 Å². The first-order chi connectivity index (χ1) is 4.57. The molecular weight excluding hydrogens is 128 g/mol. The van der Waals surface area contributed by atoms with E-state index in [0.717, 1.165) is 0 Å². The van der Waals surface area contributed by atoms with Gasteiger partial charge in [0.1, 0.15) is 0 Å². The second kappa shape index (κ2) is 4.09. The van der Waals surface area contributed by atoms with Gasteiger partial charge in [0, 0.05) is 5.57 Å². The molecule has 0 atom stereocenters. The van der Waals surface area contributed by atoms with Crippen LogP contribution >= 0.6 is 0 Å². The standard InChI is InChI=1S/C8H14O2/c1-4-7(8(9)10)5-6(2)3/h5-6H,4H2,1-3H3,(H,9,10)/b7-5-. The molecule has 0 fully saturated rings. The second-order valence-electron chi connectivity index (χ2n) is 2.59. The van der Waals surface area contributed by atoms with Crippen LogP contribution in [-0.4, -0.2) is 11.1 Å². The highest BCUT2D eigenvalue weighted by Gasteiger charge is 2.03. The van der Waals surface area contributed by atoms with Crippen molar-refractivity contribution in [2.24, 2.45) is 5.92 Å². The molecule has 0 aromatic carbocycles. The van der Waals surface area contributed by atoms with Crippen molar-refractivity contribution < 1.29 is 9.90 Å². The molecule has 0 aliphatic carbocycles. The monoisotopic (exact) mass is 142 g/mol. The van der Waals surface area contributed by atoms with E-state index >= 15 is 0 Å². The molecule has 10 heavy (non-hydrogen) atoms. The summed E-state index contributed by atoms with van der Waals surface area (Å²) < 4.78 is 0. The molecule has 2 heteroatoms. The van der Waals surface area contributed by atoms with Gasteiger partial charge in [-0.1, -0.05) is 26.8 Å². The van der Waals surface area contributed by atoms with Crippen molar-refractivity contribution in [2.75, 3.05) is 0 Å². The van der Waals surface area contributed by atoms with E-state index in [1.165, 1.54) is 0 Å². The summed E-state index contributed by atoms with van der Waals surface area (Å²) in [5, 5.41) is 8.55. The smallest absolute Gasteiger partial charge is 0.331 e. The molecule has 0 heterocycles. The van der Waals surface area contributed by atoms with Gasteiger partial charge in [0.15, 0.2) is 0 Å². The Morgan fingerprint density at radius 1 is 1.60 bits per heavy atom. The Kier molecular flexibility index (Phi) is 3.77. The molecule has 58 valence electrons. The molecule has 0 bridgehead atoms. The van der Waals surface area contributed by atoms with Crippen LogP contribution in [0.5, 0.6) is 0 Å². The Balaban J connectivity index is 4.19. The highest BCUT2D eigenvalue weighted by atomic mass is 16.4. The van der Waals surface area contributed by atoms with Crippen molar-refractivity contribution in [3.63, 3.8) is 0 Å². The van der Waals surface area contributed by atoms with Gasteiger partial charge in [-0.2, -0.15) is 0 Å². The van der Waals surface area contributed by atoms with E-state index in [1.54, 1.807) is 6.08 Å². The predicted molar refractivity (Wildman–Crippen MR) is 40.8 cm³/mol. The van der Waals surface area contributed by atoms with Gasteiger partial charge in [0.25, 0.3) is 0 Å². The molecule has 0 saturated heterocycles. The normalized spacial score (nSPS) is 12.2. The first-order valence-electron chi connectivity index (χ1n) is 3.52. The molecule has 0 radical (unpaired) electrons. The van der Waals surface area contributed by atoms with E-state index in [0.29, 0.717) is 17.9 Å². The Hall–Kier alpha value is -0.790. The average molecular weight is 142 g/mol. The molecule has 0 unspecified atom stereocenters. The van der Waals surface area contributed by atoms with Gasteiger partial charge < -0.3 is 5.11 Å². The molecule has 2 nitrogen and oxygen atoms in total. The summed E-state index contributed by atoms with van der Waals surface area (Å²) in [6.07, 6.45) is 2.38. The van der Waals surface area contributed by atoms with E-state index < -0.39 is 5.97 Å². The highest BCUT2D eigenvalue weighted by molar-refractivity contribution is 5.86. The van der Waals surface area contributed by atoms with Crippen LogP contribution in [0.25, 0.3) is 0 Å². The molecule has 0 aromatic heterocycles. The Morgan fingerprint density at radius 3 is 2.20 bits per heavy atom. The molecule has 0 spiro atoms. The Bertz CT molecular complexity index is 145. The van der Waals surface area contributed by atoms with E-state index in [4.69, 9.17) is 5.11 Å². The fourth-order valence-electron chi connectivity index (χ4n) is 0.743. The van der Waals surface area contributed by atoms with E-state index in [-0.39, 0.29) is 0 Å². The van der Waals surface area contributed by atoms with Gasteiger partial charge in [-0.05, 0) is 12.3 Å². The summed E-state index contributed by atoms with van der Waals surface area (Å²) in [5.41, 5.74) is 0.509. The minimum atomic E-state index is -0.795. The van der Waals surface area contributed by atoms with Crippen LogP contribution in [0.4, 0.5) is 0 Å².